The van der Waals surface area contributed by atoms with Crippen molar-refractivity contribution in [1.29, 1.82) is 0 Å². The van der Waals surface area contributed by atoms with Crippen molar-refractivity contribution >= 4 is 46.5 Å². The normalized spacial score (nSPS) is 21.8. The van der Waals surface area contributed by atoms with Crippen molar-refractivity contribution in [2.75, 3.05) is 11.6 Å². The second-order valence-corrected chi connectivity index (χ2v) is 5.78. The smallest absolute Gasteiger partial charge is 0.398 e. The summed E-state index contributed by atoms with van der Waals surface area (Å²) in [4.78, 5) is 10.4. The second kappa shape index (κ2) is 7.33. The molecule has 8 heteroatoms. The summed E-state index contributed by atoms with van der Waals surface area (Å²) in [5.41, 5.74) is 3.87. The minimum Gasteiger partial charge on any atom is -0.398 e. The van der Waals surface area contributed by atoms with Crippen molar-refractivity contribution < 1.29 is 18.0 Å². The molecule has 0 bridgehead atoms. The third kappa shape index (κ3) is 4.25. The molecule has 0 spiro atoms. The maximum absolute atomic E-state index is 12.8. The lowest BCUT2D eigenvalue weighted by molar-refractivity contribution is -0.199. The molecule has 1 aromatic heterocycles. The molecule has 2 rings (SSSR count). The molecule has 1 aliphatic rings. The van der Waals surface area contributed by atoms with Crippen LogP contribution in [0.15, 0.2) is 39.6 Å². The Kier molecular flexibility index (Phi) is 6.31. The molecule has 2 N–H and O–H groups in total. The number of halogens is 5. The number of carbonyl (C=O) groups is 1. The van der Waals surface area contributed by atoms with E-state index in [2.05, 4.69) is 0 Å². The van der Waals surface area contributed by atoms with Crippen LogP contribution in [-0.4, -0.2) is 18.3 Å². The van der Waals surface area contributed by atoms with Gasteiger partial charge in [-0.15, -0.1) is 11.6 Å². The molecular formula is C13H12Cl2F3NOS. The quantitative estimate of drug-likeness (QED) is 0.612. The lowest BCUT2D eigenvalue weighted by atomic mass is 9.79. The predicted molar refractivity (Wildman–Crippen MR) is 80.6 cm³/mol. The molecule has 0 aliphatic heterocycles. The highest BCUT2D eigenvalue weighted by Crippen LogP contribution is 2.52. The monoisotopic (exact) mass is 357 g/mol. The van der Waals surface area contributed by atoms with Gasteiger partial charge in [0, 0.05) is 22.0 Å². The average Bonchev–Trinajstić information content (AvgIpc) is 2.90. The largest absolute Gasteiger partial charge is 0.400 e. The van der Waals surface area contributed by atoms with Gasteiger partial charge in [0.15, 0.2) is 0 Å². The fourth-order valence-corrected chi connectivity index (χ4v) is 2.92. The van der Waals surface area contributed by atoms with Crippen molar-refractivity contribution in [2.45, 2.75) is 12.6 Å². The number of allylic oxidation sites excluding steroid dienone is 4. The number of nitrogens with two attached hydrogens (primary N) is 1. The van der Waals surface area contributed by atoms with E-state index in [1.165, 1.54) is 6.08 Å². The third-order valence-electron chi connectivity index (χ3n) is 2.87. The Bertz CT molecular complexity index is 540. The number of aldehydes is 1. The van der Waals surface area contributed by atoms with E-state index in [1.54, 1.807) is 11.3 Å². The van der Waals surface area contributed by atoms with Crippen LogP contribution in [0.4, 0.5) is 18.9 Å². The summed E-state index contributed by atoms with van der Waals surface area (Å²) in [5, 5.41) is 3.48. The van der Waals surface area contributed by atoms with Gasteiger partial charge in [0.1, 0.15) is 11.7 Å². The topological polar surface area (TPSA) is 43.1 Å². The lowest BCUT2D eigenvalue weighted by Crippen LogP contribution is -2.41. The van der Waals surface area contributed by atoms with Gasteiger partial charge in [-0.1, -0.05) is 17.7 Å². The van der Waals surface area contributed by atoms with Crippen molar-refractivity contribution in [3.63, 3.8) is 0 Å². The van der Waals surface area contributed by atoms with Crippen molar-refractivity contribution in [3.8, 4) is 0 Å². The highest BCUT2D eigenvalue weighted by Gasteiger charge is 2.57. The van der Waals surface area contributed by atoms with Crippen LogP contribution >= 0.6 is 34.5 Å². The zero-order valence-electron chi connectivity index (χ0n) is 10.7. The van der Waals surface area contributed by atoms with E-state index < -0.39 is 23.9 Å². The van der Waals surface area contributed by atoms with E-state index in [9.17, 15) is 18.0 Å². The fourth-order valence-electron chi connectivity index (χ4n) is 1.61. The Morgan fingerprint density at radius 2 is 2.10 bits per heavy atom. The van der Waals surface area contributed by atoms with Gasteiger partial charge in [0.05, 0.1) is 0 Å². The van der Waals surface area contributed by atoms with Crippen LogP contribution < -0.4 is 5.73 Å². The summed E-state index contributed by atoms with van der Waals surface area (Å²) in [6.45, 7) is 0. The molecule has 1 aliphatic carbocycles. The number of hydrogen-bond donors (Lipinski definition) is 1. The van der Waals surface area contributed by atoms with E-state index in [0.29, 0.717) is 6.29 Å². The van der Waals surface area contributed by atoms with E-state index >= 15 is 0 Å². The standard InChI is InChI=1S/C9H7Cl2F3O.C4H5NS/c10-5-8(9(12,13)14)3-6(4-15)1-2-7(8)11;5-4-1-2-6-3-4/h1-2,4H,3,5H2;1-3H,5H2. The molecule has 0 saturated carbocycles. The van der Waals surface area contributed by atoms with Gasteiger partial charge in [-0.2, -0.15) is 24.5 Å². The van der Waals surface area contributed by atoms with E-state index in [4.69, 9.17) is 28.9 Å². The van der Waals surface area contributed by atoms with Gasteiger partial charge >= 0.3 is 6.18 Å². The number of nitrogen functional groups attached to an aromatic ring is 1. The molecule has 1 unspecified atom stereocenters. The fraction of sp³-hybridized carbons (Fsp3) is 0.308. The van der Waals surface area contributed by atoms with Gasteiger partial charge < -0.3 is 5.73 Å². The van der Waals surface area contributed by atoms with Gasteiger partial charge in [0.2, 0.25) is 0 Å². The molecule has 0 aromatic carbocycles. The van der Waals surface area contributed by atoms with Gasteiger partial charge in [-0.25, -0.2) is 0 Å². The summed E-state index contributed by atoms with van der Waals surface area (Å²) in [7, 11) is 0. The molecule has 0 amide bonds. The number of carbonyl (C=O) groups excluding carboxylic acids is 1. The Morgan fingerprint density at radius 3 is 2.43 bits per heavy atom. The Hall–Kier alpha value is -0.980. The first-order valence-corrected chi connectivity index (χ1v) is 7.54. The number of hydrogen-bond acceptors (Lipinski definition) is 3. The minimum atomic E-state index is -4.56. The van der Waals surface area contributed by atoms with Crippen LogP contribution in [0.1, 0.15) is 6.42 Å². The molecule has 1 heterocycles. The van der Waals surface area contributed by atoms with Gasteiger partial charge in [-0.3, -0.25) is 4.79 Å². The molecule has 116 valence electrons. The zero-order chi connectivity index (χ0) is 16.1. The molecule has 21 heavy (non-hydrogen) atoms. The van der Waals surface area contributed by atoms with Crippen LogP contribution in [0.2, 0.25) is 0 Å². The highest BCUT2D eigenvalue weighted by atomic mass is 35.5. The van der Waals surface area contributed by atoms with Gasteiger partial charge in [-0.05, 0) is 29.5 Å². The Balaban J connectivity index is 0.000000304. The molecule has 1 aromatic rings. The third-order valence-corrected chi connectivity index (χ3v) is 4.52. The van der Waals surface area contributed by atoms with Crippen LogP contribution in [0, 0.1) is 5.41 Å². The minimum absolute atomic E-state index is 0.0392. The molecule has 1 atom stereocenters. The van der Waals surface area contributed by atoms with Crippen LogP contribution in [0.5, 0.6) is 0 Å². The van der Waals surface area contributed by atoms with Gasteiger partial charge in [0.25, 0.3) is 0 Å². The lowest BCUT2D eigenvalue weighted by Gasteiger charge is -2.35. The molecule has 2 nitrogen and oxygen atoms in total. The molecular weight excluding hydrogens is 346 g/mol. The first-order chi connectivity index (χ1) is 9.76. The molecule has 0 saturated heterocycles. The zero-order valence-corrected chi connectivity index (χ0v) is 13.0. The van der Waals surface area contributed by atoms with Crippen molar-refractivity contribution in [1.82, 2.24) is 0 Å². The van der Waals surface area contributed by atoms with Crippen molar-refractivity contribution in [2.24, 2.45) is 5.41 Å². The average molecular weight is 358 g/mol. The first kappa shape index (κ1) is 18.1. The van der Waals surface area contributed by atoms with Crippen LogP contribution in [0.3, 0.4) is 0 Å². The van der Waals surface area contributed by atoms with Crippen LogP contribution in [0.25, 0.3) is 0 Å². The Labute approximate surface area is 134 Å². The predicted octanol–water partition coefficient (Wildman–Crippen LogP) is 4.76. The SMILES string of the molecule is Nc1ccsc1.O=CC1=CC=C(Cl)C(CCl)(C(F)(F)F)C1. The maximum atomic E-state index is 12.8. The second-order valence-electron chi connectivity index (χ2n) is 4.32. The summed E-state index contributed by atoms with van der Waals surface area (Å²) in [6, 6.07) is 1.88. The molecule has 0 radical (unpaired) electrons. The summed E-state index contributed by atoms with van der Waals surface area (Å²) >= 11 is 12.5. The Morgan fingerprint density at radius 1 is 1.43 bits per heavy atom. The number of anilines is 1. The summed E-state index contributed by atoms with van der Waals surface area (Å²) in [5.74, 6) is -0.697. The summed E-state index contributed by atoms with van der Waals surface area (Å²) < 4.78 is 38.4. The molecule has 0 fully saturated rings. The van der Waals surface area contributed by atoms with Crippen LogP contribution in [-0.2, 0) is 4.79 Å². The van der Waals surface area contributed by atoms with Crippen molar-refractivity contribution in [3.05, 3.63) is 39.6 Å². The van der Waals surface area contributed by atoms with E-state index in [1.807, 2.05) is 16.8 Å². The highest BCUT2D eigenvalue weighted by molar-refractivity contribution is 7.08. The number of thiophene rings is 1. The van der Waals surface area contributed by atoms with E-state index in [-0.39, 0.29) is 10.6 Å². The number of alkyl halides is 4. The number of rotatable bonds is 2. The maximum Gasteiger partial charge on any atom is 0.400 e. The summed E-state index contributed by atoms with van der Waals surface area (Å²) in [6.07, 6.45) is -2.34. The van der Waals surface area contributed by atoms with E-state index in [0.717, 1.165) is 11.8 Å². The first-order valence-electron chi connectivity index (χ1n) is 5.69.